The Bertz CT molecular complexity index is 499. The smallest absolute Gasteiger partial charge is 0.345 e. The van der Waals surface area contributed by atoms with Crippen molar-refractivity contribution in [2.45, 2.75) is 19.4 Å². The molecule has 0 amide bonds. The summed E-state index contributed by atoms with van der Waals surface area (Å²) in [6.07, 6.45) is 1.10. The standard InChI is InChI=1S/C12H13NO5/c1-7-5-11(7)18-8-3-4-10(13(15)16)9(6-8)12(14)17-2/h3-4,6-7,11H,5H2,1-2H3/t7-,11?/m1/s1. The summed E-state index contributed by atoms with van der Waals surface area (Å²) in [7, 11) is 1.18. The highest BCUT2D eigenvalue weighted by Crippen LogP contribution is 2.35. The van der Waals surface area contributed by atoms with Crippen molar-refractivity contribution < 1.29 is 19.2 Å². The SMILES string of the molecule is COC(=O)c1cc(OC2C[C@H]2C)ccc1[N+](=O)[O-]. The van der Waals surface area contributed by atoms with Gasteiger partial charge in [0.15, 0.2) is 0 Å². The quantitative estimate of drug-likeness (QED) is 0.465. The molecule has 1 aromatic rings. The van der Waals surface area contributed by atoms with Gasteiger partial charge in [0.2, 0.25) is 0 Å². The van der Waals surface area contributed by atoms with E-state index < -0.39 is 10.9 Å². The monoisotopic (exact) mass is 251 g/mol. The minimum absolute atomic E-state index is 0.0895. The first-order valence-electron chi connectivity index (χ1n) is 5.56. The number of esters is 1. The maximum atomic E-state index is 11.5. The van der Waals surface area contributed by atoms with Crippen LogP contribution in [-0.4, -0.2) is 24.1 Å². The van der Waals surface area contributed by atoms with Crippen LogP contribution in [0.15, 0.2) is 18.2 Å². The molecule has 0 saturated heterocycles. The number of nitro groups is 1. The van der Waals surface area contributed by atoms with Gasteiger partial charge < -0.3 is 9.47 Å². The van der Waals surface area contributed by atoms with Crippen molar-refractivity contribution >= 4 is 11.7 Å². The number of methoxy groups -OCH3 is 1. The fraction of sp³-hybridized carbons (Fsp3) is 0.417. The van der Waals surface area contributed by atoms with Crippen LogP contribution in [0.4, 0.5) is 5.69 Å². The summed E-state index contributed by atoms with van der Waals surface area (Å²) < 4.78 is 10.1. The minimum Gasteiger partial charge on any atom is -0.490 e. The molecule has 0 spiro atoms. The molecule has 6 heteroatoms. The lowest BCUT2D eigenvalue weighted by molar-refractivity contribution is -0.385. The van der Waals surface area contributed by atoms with Crippen molar-refractivity contribution in [3.63, 3.8) is 0 Å². The summed E-state index contributed by atoms with van der Waals surface area (Å²) in [6.45, 7) is 2.05. The Hall–Kier alpha value is -2.11. The van der Waals surface area contributed by atoms with Crippen molar-refractivity contribution in [3.8, 4) is 5.75 Å². The zero-order chi connectivity index (χ0) is 13.3. The molecule has 0 N–H and O–H groups in total. The van der Waals surface area contributed by atoms with E-state index in [1.165, 1.54) is 25.3 Å². The fourth-order valence-electron chi connectivity index (χ4n) is 1.65. The van der Waals surface area contributed by atoms with E-state index in [0.717, 1.165) is 6.42 Å². The summed E-state index contributed by atoms with van der Waals surface area (Å²) in [5.74, 6) is 0.202. The molecule has 0 radical (unpaired) electrons. The van der Waals surface area contributed by atoms with E-state index in [9.17, 15) is 14.9 Å². The highest BCUT2D eigenvalue weighted by atomic mass is 16.6. The van der Waals surface area contributed by atoms with Crippen molar-refractivity contribution in [2.75, 3.05) is 7.11 Å². The number of ether oxygens (including phenoxy) is 2. The van der Waals surface area contributed by atoms with Gasteiger partial charge in [-0.1, -0.05) is 6.92 Å². The highest BCUT2D eigenvalue weighted by molar-refractivity contribution is 5.94. The number of hydrogen-bond donors (Lipinski definition) is 0. The van der Waals surface area contributed by atoms with Crippen LogP contribution < -0.4 is 4.74 Å². The molecule has 6 nitrogen and oxygen atoms in total. The topological polar surface area (TPSA) is 78.7 Å². The van der Waals surface area contributed by atoms with Crippen LogP contribution >= 0.6 is 0 Å². The Morgan fingerprint density at radius 2 is 2.17 bits per heavy atom. The van der Waals surface area contributed by atoms with Gasteiger partial charge in [-0.2, -0.15) is 0 Å². The summed E-state index contributed by atoms with van der Waals surface area (Å²) in [4.78, 5) is 21.7. The van der Waals surface area contributed by atoms with E-state index in [0.29, 0.717) is 11.7 Å². The molecule has 1 aromatic carbocycles. The molecule has 1 unspecified atom stereocenters. The number of hydrogen-bond acceptors (Lipinski definition) is 5. The van der Waals surface area contributed by atoms with E-state index in [2.05, 4.69) is 11.7 Å². The molecule has 2 atom stereocenters. The molecule has 0 aromatic heterocycles. The molecule has 0 aliphatic heterocycles. The average Bonchev–Trinajstić information content (AvgIpc) is 3.03. The molecule has 2 rings (SSSR count). The molecule has 18 heavy (non-hydrogen) atoms. The first-order valence-corrected chi connectivity index (χ1v) is 5.56. The highest BCUT2D eigenvalue weighted by Gasteiger charge is 2.35. The van der Waals surface area contributed by atoms with Crippen molar-refractivity contribution in [1.82, 2.24) is 0 Å². The number of nitro benzene ring substituents is 1. The summed E-state index contributed by atoms with van der Waals surface area (Å²) in [6, 6.07) is 4.11. The van der Waals surface area contributed by atoms with Gasteiger partial charge in [0.25, 0.3) is 5.69 Å². The van der Waals surface area contributed by atoms with Crippen molar-refractivity contribution in [2.24, 2.45) is 5.92 Å². The lowest BCUT2D eigenvalue weighted by Crippen LogP contribution is -2.07. The third-order valence-corrected chi connectivity index (χ3v) is 2.89. The van der Waals surface area contributed by atoms with E-state index in [1.54, 1.807) is 0 Å². The molecule has 1 saturated carbocycles. The van der Waals surface area contributed by atoms with Crippen LogP contribution in [0.3, 0.4) is 0 Å². The Kier molecular flexibility index (Phi) is 3.18. The van der Waals surface area contributed by atoms with Crippen LogP contribution in [0.2, 0.25) is 0 Å². The predicted molar refractivity (Wildman–Crippen MR) is 62.6 cm³/mol. The third-order valence-electron chi connectivity index (χ3n) is 2.89. The fourth-order valence-corrected chi connectivity index (χ4v) is 1.65. The first kappa shape index (κ1) is 12.3. The molecule has 1 aliphatic carbocycles. The van der Waals surface area contributed by atoms with Gasteiger partial charge in [0.1, 0.15) is 17.4 Å². The van der Waals surface area contributed by atoms with Gasteiger partial charge in [0, 0.05) is 12.1 Å². The van der Waals surface area contributed by atoms with Gasteiger partial charge in [-0.3, -0.25) is 10.1 Å². The van der Waals surface area contributed by atoms with E-state index in [1.807, 2.05) is 0 Å². The Morgan fingerprint density at radius 1 is 1.50 bits per heavy atom. The number of nitrogens with zero attached hydrogens (tertiary/aromatic N) is 1. The zero-order valence-electron chi connectivity index (χ0n) is 10.1. The second-order valence-electron chi connectivity index (χ2n) is 4.30. The van der Waals surface area contributed by atoms with Gasteiger partial charge in [0.05, 0.1) is 12.0 Å². The minimum atomic E-state index is -0.740. The normalized spacial score (nSPS) is 21.2. The number of rotatable bonds is 4. The summed E-state index contributed by atoms with van der Waals surface area (Å²) >= 11 is 0. The molecular formula is C12H13NO5. The van der Waals surface area contributed by atoms with Crippen molar-refractivity contribution in [1.29, 1.82) is 0 Å². The maximum absolute atomic E-state index is 11.5. The van der Waals surface area contributed by atoms with Crippen LogP contribution in [0.1, 0.15) is 23.7 Å². The second kappa shape index (κ2) is 4.64. The molecule has 96 valence electrons. The van der Waals surface area contributed by atoms with Crippen LogP contribution in [0, 0.1) is 16.0 Å². The first-order chi connectivity index (χ1) is 8.52. The number of benzene rings is 1. The zero-order valence-corrected chi connectivity index (χ0v) is 10.1. The van der Waals surface area contributed by atoms with Gasteiger partial charge >= 0.3 is 5.97 Å². The average molecular weight is 251 g/mol. The Balaban J connectivity index is 2.29. The molecule has 0 heterocycles. The van der Waals surface area contributed by atoms with Gasteiger partial charge in [-0.05, 0) is 18.4 Å². The second-order valence-corrected chi connectivity index (χ2v) is 4.30. The lowest BCUT2D eigenvalue weighted by Gasteiger charge is -2.07. The largest absolute Gasteiger partial charge is 0.490 e. The molecular weight excluding hydrogens is 238 g/mol. The summed E-state index contributed by atoms with van der Waals surface area (Å²) in [5.41, 5.74) is -0.369. The van der Waals surface area contributed by atoms with Crippen LogP contribution in [0.5, 0.6) is 5.75 Å². The Labute approximate surface area is 104 Å². The summed E-state index contributed by atoms with van der Waals surface area (Å²) in [5, 5.41) is 10.8. The number of carbonyl (C=O) groups excluding carboxylic acids is 1. The van der Waals surface area contributed by atoms with E-state index in [4.69, 9.17) is 4.74 Å². The number of carbonyl (C=O) groups is 1. The maximum Gasteiger partial charge on any atom is 0.345 e. The van der Waals surface area contributed by atoms with Crippen LogP contribution in [0.25, 0.3) is 0 Å². The molecule has 0 bridgehead atoms. The van der Waals surface area contributed by atoms with E-state index in [-0.39, 0.29) is 17.4 Å². The Morgan fingerprint density at radius 3 is 2.67 bits per heavy atom. The van der Waals surface area contributed by atoms with E-state index >= 15 is 0 Å². The van der Waals surface area contributed by atoms with Crippen LogP contribution in [-0.2, 0) is 4.74 Å². The lowest BCUT2D eigenvalue weighted by atomic mass is 10.1. The third kappa shape index (κ3) is 2.42. The van der Waals surface area contributed by atoms with Gasteiger partial charge in [-0.15, -0.1) is 0 Å². The van der Waals surface area contributed by atoms with Crippen molar-refractivity contribution in [3.05, 3.63) is 33.9 Å². The van der Waals surface area contributed by atoms with Gasteiger partial charge in [-0.25, -0.2) is 4.79 Å². The molecule has 1 aliphatic rings. The predicted octanol–water partition coefficient (Wildman–Crippen LogP) is 2.17. The molecule has 1 fully saturated rings.